The molecule has 1 heterocycles. The number of phenols is 2. The normalized spacial score (nSPS) is 16.5. The van der Waals surface area contributed by atoms with Crippen molar-refractivity contribution in [3.8, 4) is 17.2 Å². The highest BCUT2D eigenvalue weighted by Gasteiger charge is 2.57. The number of aryl methyl sites for hydroxylation is 2. The first-order valence-electron chi connectivity index (χ1n) is 13.9. The van der Waals surface area contributed by atoms with Gasteiger partial charge in [-0.2, -0.15) is 8.42 Å². The van der Waals surface area contributed by atoms with Crippen LogP contribution in [-0.2, 0) is 47.1 Å². The van der Waals surface area contributed by atoms with Gasteiger partial charge in [0.1, 0.15) is 17.2 Å². The number of hydrogen-bond donors (Lipinski definition) is 3. The second-order valence-electron chi connectivity index (χ2n) is 11.1. The zero-order chi connectivity index (χ0) is 34.8. The average Bonchev–Trinajstić information content (AvgIpc) is 3.18. The van der Waals surface area contributed by atoms with E-state index in [1.807, 2.05) is 0 Å². The fourth-order valence-electron chi connectivity index (χ4n) is 5.82. The molecule has 0 fully saturated rings. The Morgan fingerprint density at radius 2 is 1.17 bits per heavy atom. The van der Waals surface area contributed by atoms with Gasteiger partial charge in [-0.15, -0.1) is 0 Å². The van der Waals surface area contributed by atoms with Gasteiger partial charge in [-0.25, -0.2) is 0 Å². The van der Waals surface area contributed by atoms with Crippen molar-refractivity contribution in [2.45, 2.75) is 31.7 Å². The van der Waals surface area contributed by atoms with Gasteiger partial charge in [0, 0.05) is 49.4 Å². The first-order valence-corrected chi connectivity index (χ1v) is 15.3. The Kier molecular flexibility index (Phi) is 9.79. The molecule has 1 aliphatic rings. The van der Waals surface area contributed by atoms with E-state index in [1.54, 1.807) is 6.07 Å². The van der Waals surface area contributed by atoms with Crippen molar-refractivity contribution in [3.63, 3.8) is 0 Å². The van der Waals surface area contributed by atoms with Crippen molar-refractivity contribution in [2.75, 3.05) is 26.2 Å². The lowest BCUT2D eigenvalue weighted by molar-refractivity contribution is -0.311. The lowest BCUT2D eigenvalue weighted by Gasteiger charge is -2.31. The van der Waals surface area contributed by atoms with Gasteiger partial charge in [0.05, 0.1) is 24.5 Å². The van der Waals surface area contributed by atoms with Gasteiger partial charge in [0.2, 0.25) is 0 Å². The number of aliphatic carboxylic acids is 4. The summed E-state index contributed by atoms with van der Waals surface area (Å²) in [5.41, 5.74) is 0.313. The average molecular weight is 670 g/mol. The third-order valence-corrected chi connectivity index (χ3v) is 9.46. The van der Waals surface area contributed by atoms with Crippen molar-refractivity contribution >= 4 is 34.0 Å². The highest BCUT2D eigenvalue weighted by atomic mass is 32.2. The van der Waals surface area contributed by atoms with Gasteiger partial charge in [0.25, 0.3) is 0 Å². The Morgan fingerprint density at radius 3 is 1.60 bits per heavy atom. The van der Waals surface area contributed by atoms with Crippen LogP contribution in [0, 0.1) is 13.8 Å². The molecule has 1 atom stereocenters. The monoisotopic (exact) mass is 669 g/mol. The van der Waals surface area contributed by atoms with Crippen molar-refractivity contribution in [2.24, 2.45) is 0 Å². The van der Waals surface area contributed by atoms with Crippen LogP contribution in [0.4, 0.5) is 0 Å². The highest BCUT2D eigenvalue weighted by molar-refractivity contribution is 7.88. The second-order valence-corrected chi connectivity index (χ2v) is 12.8. The number of benzene rings is 3. The van der Waals surface area contributed by atoms with Crippen LogP contribution in [0.2, 0.25) is 0 Å². The predicted octanol–water partition coefficient (Wildman–Crippen LogP) is -2.33. The Bertz CT molecular complexity index is 1750. The topological polar surface area (TPSA) is 248 Å². The zero-order valence-electron chi connectivity index (χ0n) is 25.1. The van der Waals surface area contributed by atoms with Gasteiger partial charge in [-0.3, -0.25) is 14.6 Å². The van der Waals surface area contributed by atoms with Gasteiger partial charge in [0.15, 0.2) is 4.75 Å². The quantitative estimate of drug-likeness (QED) is 0.152. The lowest BCUT2D eigenvalue weighted by atomic mass is 9.80. The van der Waals surface area contributed by atoms with E-state index in [1.165, 1.54) is 56.3 Å². The molecule has 0 saturated heterocycles. The maximum atomic E-state index is 14.3. The molecule has 16 heteroatoms. The van der Waals surface area contributed by atoms with E-state index in [4.69, 9.17) is 4.18 Å². The molecule has 0 spiro atoms. The third-order valence-electron chi connectivity index (χ3n) is 7.62. The molecule has 4 rings (SSSR count). The molecule has 3 aromatic rings. The second kappa shape index (κ2) is 13.3. The van der Waals surface area contributed by atoms with Crippen LogP contribution in [0.1, 0.15) is 38.9 Å². The number of para-hydroxylation sites is 1. The summed E-state index contributed by atoms with van der Waals surface area (Å²) in [6.07, 6.45) is 0. The summed E-state index contributed by atoms with van der Waals surface area (Å²) in [6, 6.07) is 11.2. The molecule has 0 saturated carbocycles. The van der Waals surface area contributed by atoms with Crippen LogP contribution in [0.15, 0.2) is 48.5 Å². The molecule has 15 nitrogen and oxygen atoms in total. The van der Waals surface area contributed by atoms with Crippen LogP contribution in [0.5, 0.6) is 17.2 Å². The minimum absolute atomic E-state index is 0.00570. The van der Waals surface area contributed by atoms with E-state index >= 15 is 0 Å². The molecule has 0 radical (unpaired) electrons. The molecule has 1 unspecified atom stereocenters. The fourth-order valence-corrected chi connectivity index (χ4v) is 7.58. The maximum Gasteiger partial charge on any atom is 0.328 e. The number of rotatable bonds is 14. The molecule has 1 aliphatic heterocycles. The number of nitrogens with zero attached hydrogens (tertiary/aromatic N) is 2. The van der Waals surface area contributed by atoms with Gasteiger partial charge < -0.3 is 49.2 Å². The Labute approximate surface area is 268 Å². The molecular weight excluding hydrogens is 640 g/mol. The maximum absolute atomic E-state index is 14.3. The summed E-state index contributed by atoms with van der Waals surface area (Å²) in [5.74, 6) is -6.96. The van der Waals surface area contributed by atoms with E-state index in [0.717, 1.165) is 9.80 Å². The van der Waals surface area contributed by atoms with Crippen LogP contribution < -0.4 is 19.5 Å². The molecule has 0 aromatic heterocycles. The number of hydrogen-bond acceptors (Lipinski definition) is 14. The van der Waals surface area contributed by atoms with Crippen LogP contribution in [0.25, 0.3) is 0 Å². The third kappa shape index (κ3) is 6.98. The van der Waals surface area contributed by atoms with Crippen molar-refractivity contribution < 1.29 is 62.4 Å². The first-order chi connectivity index (χ1) is 22.0. The van der Waals surface area contributed by atoms with E-state index in [2.05, 4.69) is 0 Å². The van der Waals surface area contributed by atoms with Crippen LogP contribution in [-0.4, -0.2) is 83.6 Å². The number of carbonyl (C=O) groups excluding carboxylic acids is 3. The predicted molar refractivity (Wildman–Crippen MR) is 155 cm³/mol. The number of carboxylic acids is 4. The molecule has 0 aliphatic carbocycles. The van der Waals surface area contributed by atoms with Crippen LogP contribution in [0.3, 0.4) is 0 Å². The number of carboxylic acid groups (broad SMARTS) is 4. The number of phenolic OH excluding ortho intramolecular Hbond substituents is 2. The summed E-state index contributed by atoms with van der Waals surface area (Å²) in [6.45, 7) is -1.30. The van der Waals surface area contributed by atoms with Crippen LogP contribution >= 0.6 is 0 Å². The smallest absolute Gasteiger partial charge is 0.328 e. The first kappa shape index (κ1) is 34.7. The Morgan fingerprint density at radius 1 is 0.745 bits per heavy atom. The SMILES string of the molecule is Cc1cc(C2(c3cc(C)c(O)c(CN(CC(=O)[O-])CC(=O)O)c3)c3ccccc3OS2(=O)=O)cc(CN(CC(=O)[O-])CC(=O)[O-])c1O. The summed E-state index contributed by atoms with van der Waals surface area (Å²) in [5, 5.41) is 65.3. The Hall–Kier alpha value is -5.19. The molecule has 47 heavy (non-hydrogen) atoms. The molecule has 3 N–H and O–H groups in total. The van der Waals surface area contributed by atoms with Crippen molar-refractivity contribution in [1.82, 2.24) is 9.80 Å². The van der Waals surface area contributed by atoms with Gasteiger partial charge in [-0.05, 0) is 66.4 Å². The summed E-state index contributed by atoms with van der Waals surface area (Å²) < 4.78 is 31.8. The largest absolute Gasteiger partial charge is 0.549 e. The molecule has 0 amide bonds. The standard InChI is InChI=1S/C31H32N2O13S/c1-17-7-21(9-19(29(17)42)11-32(13-25(34)35)14-26(36)37)31(23-5-3-4-6-24(23)46-47(31,44)45)22-8-18(2)30(43)20(10-22)12-33(15-27(38)39)16-28(40)41/h3-10,42-43H,11-16H2,1-2H3,(H,34,35)(H,36,37)(H,38,39)(H,40,41)/p-3. The van der Waals surface area contributed by atoms with E-state index in [-0.39, 0.29) is 56.2 Å². The van der Waals surface area contributed by atoms with E-state index in [0.29, 0.717) is 0 Å². The highest BCUT2D eigenvalue weighted by Crippen LogP contribution is 2.54. The Balaban J connectivity index is 2.02. The molecule has 250 valence electrons. The summed E-state index contributed by atoms with van der Waals surface area (Å²) >= 11 is 0. The van der Waals surface area contributed by atoms with E-state index < -0.39 is 78.0 Å². The van der Waals surface area contributed by atoms with Crippen molar-refractivity contribution in [1.29, 1.82) is 0 Å². The number of aromatic hydroxyl groups is 2. The molecule has 3 aromatic carbocycles. The minimum atomic E-state index is -4.74. The lowest BCUT2D eigenvalue weighted by Crippen LogP contribution is -2.43. The number of fused-ring (bicyclic) bond motifs is 1. The van der Waals surface area contributed by atoms with Gasteiger partial charge in [-0.1, -0.05) is 18.2 Å². The summed E-state index contributed by atoms with van der Waals surface area (Å²) in [4.78, 5) is 47.3. The van der Waals surface area contributed by atoms with E-state index in [9.17, 15) is 58.2 Å². The summed E-state index contributed by atoms with van der Waals surface area (Å²) in [7, 11) is -4.74. The number of carbonyl (C=O) groups is 4. The molecular formula is C31H29N2O13S-3. The zero-order valence-corrected chi connectivity index (χ0v) is 25.9. The fraction of sp³-hybridized carbons (Fsp3) is 0.290. The molecule has 0 bridgehead atoms. The van der Waals surface area contributed by atoms with Gasteiger partial charge >= 0.3 is 16.1 Å². The van der Waals surface area contributed by atoms with Crippen molar-refractivity contribution in [3.05, 3.63) is 87.5 Å². The minimum Gasteiger partial charge on any atom is -0.549 e.